The number of nitrogens with zero attached hydrogens (tertiary/aromatic N) is 1. The van der Waals surface area contributed by atoms with Crippen LogP contribution in [0, 0.1) is 0 Å². The van der Waals surface area contributed by atoms with Gasteiger partial charge in [0.25, 0.3) is 0 Å². The van der Waals surface area contributed by atoms with Gasteiger partial charge in [0.2, 0.25) is 5.91 Å². The smallest absolute Gasteiger partial charge is 0.387 e. The lowest BCUT2D eigenvalue weighted by molar-refractivity contribution is -0.870. The number of hydrogen-bond donors (Lipinski definition) is 3. The Morgan fingerprint density at radius 3 is 0.975 bits per heavy atom. The molecule has 0 rings (SSSR count). The highest BCUT2D eigenvalue weighted by Crippen LogP contribution is 2.43. The molecule has 0 fully saturated rings. The second-order valence-corrected chi connectivity index (χ2v) is 27.1. The van der Waals surface area contributed by atoms with Crippen molar-refractivity contribution in [2.45, 2.75) is 379 Å². The number of carbonyl (C=O) groups excluding carboxylic acids is 1. The van der Waals surface area contributed by atoms with Crippen LogP contribution >= 0.6 is 7.82 Å². The zero-order chi connectivity index (χ0) is 57.7. The van der Waals surface area contributed by atoms with Crippen LogP contribution in [0.25, 0.3) is 0 Å². The van der Waals surface area contributed by atoms with Gasteiger partial charge in [0.15, 0.2) is 0 Å². The van der Waals surface area contributed by atoms with E-state index in [1.54, 1.807) is 6.08 Å². The van der Waals surface area contributed by atoms with Gasteiger partial charge in [-0.25, -0.2) is 4.57 Å². The monoisotopic (exact) mass is 1140 g/mol. The molecule has 0 radical (unpaired) electrons. The Kier molecular flexibility index (Phi) is 60.7. The van der Waals surface area contributed by atoms with E-state index in [0.717, 1.165) is 32.1 Å². The van der Waals surface area contributed by atoms with Crippen LogP contribution in [-0.2, 0) is 18.4 Å². The van der Waals surface area contributed by atoms with Crippen LogP contribution in [0.4, 0.5) is 0 Å². The van der Waals surface area contributed by atoms with Gasteiger partial charge in [-0.3, -0.25) is 13.8 Å². The maximum atomic E-state index is 13.0. The number of amides is 1. The predicted octanol–water partition coefficient (Wildman–Crippen LogP) is 22.3. The molecular formula is C70H140N2O6P+. The number of rotatable bonds is 66. The van der Waals surface area contributed by atoms with E-state index in [9.17, 15) is 19.4 Å². The quantitative estimate of drug-likeness (QED) is 0.0243. The molecule has 470 valence electrons. The fourth-order valence-corrected chi connectivity index (χ4v) is 11.7. The number of nitrogens with one attached hydrogen (secondary N) is 1. The number of hydrogen-bond acceptors (Lipinski definition) is 5. The summed E-state index contributed by atoms with van der Waals surface area (Å²) in [5, 5.41) is 14.0. The van der Waals surface area contributed by atoms with E-state index in [2.05, 4.69) is 31.3 Å². The third-order valence-corrected chi connectivity index (χ3v) is 17.4. The highest BCUT2D eigenvalue weighted by Gasteiger charge is 2.28. The van der Waals surface area contributed by atoms with Crippen molar-refractivity contribution in [3.8, 4) is 0 Å². The molecule has 79 heavy (non-hydrogen) atoms. The number of allylic oxidation sites excluding steroid dienone is 3. The van der Waals surface area contributed by atoms with Crippen LogP contribution in [0.15, 0.2) is 24.3 Å². The number of likely N-dealkylation sites (N-methyl/N-ethyl adjacent to an activating group) is 1. The van der Waals surface area contributed by atoms with Crippen molar-refractivity contribution in [3.05, 3.63) is 24.3 Å². The van der Waals surface area contributed by atoms with Crippen LogP contribution in [0.5, 0.6) is 0 Å². The molecule has 1 amide bonds. The van der Waals surface area contributed by atoms with Crippen molar-refractivity contribution in [2.24, 2.45) is 0 Å². The standard InChI is InChI=1S/C70H139N2O6P/c1-6-8-10-12-14-16-18-20-22-24-26-28-30-32-34-35-36-38-39-41-43-45-47-49-51-53-55-57-59-61-63-69(73)68(67-78-79(75,76)77-66-65-72(3,4)5)71-70(74)64-62-60-58-56-54-52-50-48-46-44-42-40-37-33-31-29-27-25-23-21-19-17-15-13-11-9-7-2/h25,27,61,63,68-69,73H,6-24,26,28-60,62,64-67H2,1-5H3,(H-,71,74,75,76)/p+1/b27-25-,63-61+. The average Bonchev–Trinajstić information content (AvgIpc) is 3.42. The highest BCUT2D eigenvalue weighted by atomic mass is 31.2. The molecule has 9 heteroatoms. The molecule has 0 spiro atoms. The molecule has 3 unspecified atom stereocenters. The molecule has 3 atom stereocenters. The minimum atomic E-state index is -4.35. The number of phosphoric ester groups is 1. The van der Waals surface area contributed by atoms with Crippen molar-refractivity contribution >= 4 is 13.7 Å². The second-order valence-electron chi connectivity index (χ2n) is 25.6. The van der Waals surface area contributed by atoms with Gasteiger partial charge in [0.1, 0.15) is 13.2 Å². The van der Waals surface area contributed by atoms with E-state index in [1.807, 2.05) is 27.2 Å². The van der Waals surface area contributed by atoms with Crippen molar-refractivity contribution < 1.29 is 32.9 Å². The molecule has 0 aliphatic carbocycles. The number of aliphatic hydroxyl groups excluding tert-OH is 1. The lowest BCUT2D eigenvalue weighted by Crippen LogP contribution is -2.45. The van der Waals surface area contributed by atoms with Crippen molar-refractivity contribution in [2.75, 3.05) is 40.9 Å². The molecule has 0 saturated carbocycles. The summed E-state index contributed by atoms with van der Waals surface area (Å²) in [6.07, 6.45) is 80.4. The Morgan fingerprint density at radius 1 is 0.418 bits per heavy atom. The molecular weight excluding hydrogens is 996 g/mol. The fourth-order valence-electron chi connectivity index (χ4n) is 10.9. The lowest BCUT2D eigenvalue weighted by Gasteiger charge is -2.25. The number of aliphatic hydroxyl groups is 1. The van der Waals surface area contributed by atoms with Gasteiger partial charge in [-0.1, -0.05) is 340 Å². The average molecular weight is 1140 g/mol. The van der Waals surface area contributed by atoms with Gasteiger partial charge in [0.05, 0.1) is 39.9 Å². The number of unbranched alkanes of at least 4 members (excludes halogenated alkanes) is 51. The highest BCUT2D eigenvalue weighted by molar-refractivity contribution is 7.47. The summed E-state index contributed by atoms with van der Waals surface area (Å²) in [5.41, 5.74) is 0. The summed E-state index contributed by atoms with van der Waals surface area (Å²) in [4.78, 5) is 23.4. The lowest BCUT2D eigenvalue weighted by atomic mass is 10.0. The van der Waals surface area contributed by atoms with Gasteiger partial charge in [-0.2, -0.15) is 0 Å². The van der Waals surface area contributed by atoms with Crippen LogP contribution in [0.1, 0.15) is 367 Å². The van der Waals surface area contributed by atoms with Crippen LogP contribution in [0.2, 0.25) is 0 Å². The molecule has 0 heterocycles. The first-order valence-electron chi connectivity index (χ1n) is 35.2. The molecule has 0 aromatic rings. The van der Waals surface area contributed by atoms with Gasteiger partial charge in [-0.15, -0.1) is 0 Å². The molecule has 8 nitrogen and oxygen atoms in total. The molecule has 0 aliphatic heterocycles. The third kappa shape index (κ3) is 64.4. The van der Waals surface area contributed by atoms with Gasteiger partial charge in [-0.05, 0) is 44.9 Å². The Bertz CT molecular complexity index is 1340. The van der Waals surface area contributed by atoms with Gasteiger partial charge < -0.3 is 19.8 Å². The van der Waals surface area contributed by atoms with Crippen LogP contribution in [-0.4, -0.2) is 73.4 Å². The normalized spacial score (nSPS) is 13.8. The Morgan fingerprint density at radius 2 is 0.684 bits per heavy atom. The minimum Gasteiger partial charge on any atom is -0.387 e. The Balaban J connectivity index is 4.04. The summed E-state index contributed by atoms with van der Waals surface area (Å²) >= 11 is 0. The van der Waals surface area contributed by atoms with Gasteiger partial charge in [0, 0.05) is 6.42 Å². The fraction of sp³-hybridized carbons (Fsp3) is 0.929. The summed E-state index contributed by atoms with van der Waals surface area (Å²) < 4.78 is 23.8. The number of phosphoric acid groups is 1. The van der Waals surface area contributed by atoms with E-state index in [1.165, 1.54) is 315 Å². The molecule has 0 aliphatic rings. The summed E-state index contributed by atoms with van der Waals surface area (Å²) in [6, 6.07) is -0.846. The Labute approximate surface area is 494 Å². The van der Waals surface area contributed by atoms with Crippen molar-refractivity contribution in [3.63, 3.8) is 0 Å². The zero-order valence-electron chi connectivity index (χ0n) is 53.9. The second kappa shape index (κ2) is 61.5. The topological polar surface area (TPSA) is 105 Å². The van der Waals surface area contributed by atoms with Gasteiger partial charge >= 0.3 is 7.82 Å². The maximum absolute atomic E-state index is 13.0. The molecule has 0 bridgehead atoms. The Hall–Kier alpha value is -1.02. The molecule has 0 saturated heterocycles. The SMILES string of the molecule is CCCCCCCCCC/C=C\CCCCCCCCCCCCCCCCCC(=O)NC(COP(=O)(O)OCC[N+](C)(C)C)C(O)/C=C/CCCCCCCCCCCCCCCCCCCCCCCCCCCCCC. The molecule has 3 N–H and O–H groups in total. The summed E-state index contributed by atoms with van der Waals surface area (Å²) in [7, 11) is 1.59. The molecule has 0 aromatic heterocycles. The van der Waals surface area contributed by atoms with Crippen LogP contribution < -0.4 is 5.32 Å². The predicted molar refractivity (Wildman–Crippen MR) is 346 cm³/mol. The first-order valence-corrected chi connectivity index (χ1v) is 36.7. The van der Waals surface area contributed by atoms with E-state index in [4.69, 9.17) is 9.05 Å². The van der Waals surface area contributed by atoms with Crippen molar-refractivity contribution in [1.82, 2.24) is 5.32 Å². The maximum Gasteiger partial charge on any atom is 0.472 e. The summed E-state index contributed by atoms with van der Waals surface area (Å²) in [5.74, 6) is -0.169. The first-order chi connectivity index (χ1) is 38.5. The van der Waals surface area contributed by atoms with E-state index >= 15 is 0 Å². The van der Waals surface area contributed by atoms with E-state index in [0.29, 0.717) is 17.4 Å². The van der Waals surface area contributed by atoms with E-state index in [-0.39, 0.29) is 19.1 Å². The van der Waals surface area contributed by atoms with E-state index < -0.39 is 20.0 Å². The zero-order valence-corrected chi connectivity index (χ0v) is 54.8. The largest absolute Gasteiger partial charge is 0.472 e. The van der Waals surface area contributed by atoms with Crippen molar-refractivity contribution in [1.29, 1.82) is 0 Å². The number of quaternary nitrogens is 1. The first kappa shape index (κ1) is 78.0. The van der Waals surface area contributed by atoms with Crippen LogP contribution in [0.3, 0.4) is 0 Å². The molecule has 0 aromatic carbocycles. The number of carbonyl (C=O) groups is 1. The summed E-state index contributed by atoms with van der Waals surface area (Å²) in [6.45, 7) is 4.88. The minimum absolute atomic E-state index is 0.0641. The third-order valence-electron chi connectivity index (χ3n) is 16.4.